The van der Waals surface area contributed by atoms with Gasteiger partial charge in [-0.3, -0.25) is 9.59 Å². The van der Waals surface area contributed by atoms with Gasteiger partial charge in [-0.2, -0.15) is 0 Å². The summed E-state index contributed by atoms with van der Waals surface area (Å²) in [5.41, 5.74) is 0.833. The lowest BCUT2D eigenvalue weighted by Gasteiger charge is -2.16. The summed E-state index contributed by atoms with van der Waals surface area (Å²) < 4.78 is 0. The molecule has 1 aromatic carbocycles. The first-order chi connectivity index (χ1) is 8.56. The highest BCUT2D eigenvalue weighted by Crippen LogP contribution is 2.14. The molecule has 0 heterocycles. The van der Waals surface area contributed by atoms with E-state index >= 15 is 0 Å². The zero-order chi connectivity index (χ0) is 14.0. The Morgan fingerprint density at radius 3 is 2.00 bits per heavy atom. The molecule has 0 aliphatic heterocycles. The molecule has 1 amide bonds. The number of carbonyl (C=O) groups excluding carboxylic acids is 2. The fourth-order valence-corrected chi connectivity index (χ4v) is 1.40. The zero-order valence-electron chi connectivity index (χ0n) is 11.7. The van der Waals surface area contributed by atoms with Crippen molar-refractivity contribution in [3.8, 4) is 0 Å². The average molecular weight is 249 g/mol. The number of nitrogens with one attached hydrogen (secondary N) is 1. The number of ketones is 1. The van der Waals surface area contributed by atoms with Gasteiger partial charge in [-0.15, -0.1) is 0 Å². The predicted octanol–water partition coefficient (Wildman–Crippen LogP) is 3.26. The summed E-state index contributed by atoms with van der Waals surface area (Å²) in [6.07, 6.45) is 1.67. The Balaban J connectivity index is 0.000000873. The van der Waals surface area contributed by atoms with Gasteiger partial charge in [0, 0.05) is 13.3 Å². The smallest absolute Gasteiger partial charge is 0.217 e. The van der Waals surface area contributed by atoms with Crippen molar-refractivity contribution in [1.29, 1.82) is 0 Å². The van der Waals surface area contributed by atoms with Crippen LogP contribution >= 0.6 is 0 Å². The van der Waals surface area contributed by atoms with Gasteiger partial charge in [-0.05, 0) is 5.56 Å². The van der Waals surface area contributed by atoms with E-state index < -0.39 is 6.04 Å². The summed E-state index contributed by atoms with van der Waals surface area (Å²) in [5.74, 6) is -0.165. The molecule has 1 rings (SSSR count). The first-order valence-electron chi connectivity index (χ1n) is 6.41. The Morgan fingerprint density at radius 1 is 1.11 bits per heavy atom. The third-order valence-corrected chi connectivity index (χ3v) is 2.15. The number of carbonyl (C=O) groups is 2. The van der Waals surface area contributed by atoms with Crippen LogP contribution in [0.25, 0.3) is 0 Å². The number of Topliss-reactive ketones (excluding diaryl/α,β-unsaturated/α-hetero) is 1. The Bertz CT molecular complexity index is 360. The Morgan fingerprint density at radius 2 is 1.61 bits per heavy atom. The maximum atomic E-state index is 11.6. The molecule has 0 aliphatic rings. The lowest BCUT2D eigenvalue weighted by molar-refractivity contribution is -0.126. The van der Waals surface area contributed by atoms with Crippen molar-refractivity contribution in [3.63, 3.8) is 0 Å². The lowest BCUT2D eigenvalue weighted by atomic mass is 10.0. The molecule has 18 heavy (non-hydrogen) atoms. The lowest BCUT2D eigenvalue weighted by Crippen LogP contribution is -2.31. The van der Waals surface area contributed by atoms with Crippen LogP contribution in [0.5, 0.6) is 0 Å². The quantitative estimate of drug-likeness (QED) is 0.890. The van der Waals surface area contributed by atoms with Crippen LogP contribution in [-0.4, -0.2) is 11.7 Å². The molecule has 1 N–H and O–H groups in total. The van der Waals surface area contributed by atoms with E-state index in [1.54, 1.807) is 6.92 Å². The van der Waals surface area contributed by atoms with Crippen molar-refractivity contribution in [2.75, 3.05) is 0 Å². The third-order valence-electron chi connectivity index (χ3n) is 2.15. The second kappa shape index (κ2) is 9.40. The van der Waals surface area contributed by atoms with Crippen LogP contribution in [0.15, 0.2) is 30.3 Å². The summed E-state index contributed by atoms with van der Waals surface area (Å²) in [7, 11) is 0. The maximum absolute atomic E-state index is 11.6. The van der Waals surface area contributed by atoms with Gasteiger partial charge < -0.3 is 5.32 Å². The Labute approximate surface area is 110 Å². The van der Waals surface area contributed by atoms with E-state index in [-0.39, 0.29) is 11.7 Å². The normalized spacial score (nSPS) is 10.9. The number of hydrogen-bond acceptors (Lipinski definition) is 2. The summed E-state index contributed by atoms with van der Waals surface area (Å²) >= 11 is 0. The topological polar surface area (TPSA) is 46.2 Å². The highest BCUT2D eigenvalue weighted by atomic mass is 16.2. The molecule has 0 fully saturated rings. The highest BCUT2D eigenvalue weighted by molar-refractivity contribution is 5.89. The number of hydrogen-bond donors (Lipinski definition) is 1. The van der Waals surface area contributed by atoms with Crippen molar-refractivity contribution in [3.05, 3.63) is 35.9 Å². The van der Waals surface area contributed by atoms with Crippen LogP contribution in [-0.2, 0) is 9.59 Å². The number of amides is 1. The first-order valence-corrected chi connectivity index (χ1v) is 6.41. The molecule has 1 unspecified atom stereocenters. The van der Waals surface area contributed by atoms with E-state index in [0.717, 1.165) is 5.56 Å². The summed E-state index contributed by atoms with van der Waals surface area (Å²) in [6.45, 7) is 7.46. The van der Waals surface area contributed by atoms with Gasteiger partial charge in [-0.1, -0.05) is 57.5 Å². The summed E-state index contributed by atoms with van der Waals surface area (Å²) in [4.78, 5) is 22.6. The second-order valence-corrected chi connectivity index (χ2v) is 4.07. The predicted molar refractivity (Wildman–Crippen MR) is 74.3 cm³/mol. The molecule has 0 saturated carbocycles. The van der Waals surface area contributed by atoms with Crippen molar-refractivity contribution < 1.29 is 9.59 Å². The maximum Gasteiger partial charge on any atom is 0.217 e. The van der Waals surface area contributed by atoms with Crippen LogP contribution in [0.4, 0.5) is 0 Å². The molecular formula is C15H23NO2. The van der Waals surface area contributed by atoms with Crippen molar-refractivity contribution in [1.82, 2.24) is 5.32 Å². The molecule has 3 nitrogen and oxygen atoms in total. The molecule has 100 valence electrons. The minimum atomic E-state index is -0.506. The van der Waals surface area contributed by atoms with Crippen LogP contribution in [0.2, 0.25) is 0 Å². The van der Waals surface area contributed by atoms with E-state index in [2.05, 4.69) is 19.2 Å². The van der Waals surface area contributed by atoms with Gasteiger partial charge in [0.15, 0.2) is 5.78 Å². The van der Waals surface area contributed by atoms with Gasteiger partial charge in [0.1, 0.15) is 6.04 Å². The van der Waals surface area contributed by atoms with Gasteiger partial charge in [0.2, 0.25) is 5.91 Å². The summed E-state index contributed by atoms with van der Waals surface area (Å²) in [5, 5.41) is 2.66. The molecule has 0 aliphatic carbocycles. The Kier molecular flexibility index (Phi) is 8.54. The largest absolute Gasteiger partial charge is 0.342 e. The third kappa shape index (κ3) is 6.18. The molecule has 0 spiro atoms. The fourth-order valence-electron chi connectivity index (χ4n) is 1.40. The minimum absolute atomic E-state index is 0.0244. The van der Waals surface area contributed by atoms with Crippen LogP contribution in [0.3, 0.4) is 0 Å². The van der Waals surface area contributed by atoms with Gasteiger partial charge in [0.05, 0.1) is 0 Å². The fraction of sp³-hybridized carbons (Fsp3) is 0.467. The highest BCUT2D eigenvalue weighted by Gasteiger charge is 2.18. The molecule has 0 bridgehead atoms. The van der Waals surface area contributed by atoms with Crippen LogP contribution in [0, 0.1) is 0 Å². The van der Waals surface area contributed by atoms with Gasteiger partial charge in [0.25, 0.3) is 0 Å². The van der Waals surface area contributed by atoms with Gasteiger partial charge in [-0.25, -0.2) is 0 Å². The molecule has 0 saturated heterocycles. The first kappa shape index (κ1) is 16.4. The standard InChI is InChI=1S/C12H15NO2.C3H8/c1-3-11(15)12(13-9(2)14)10-7-5-4-6-8-10;1-3-2/h4-8,12H,3H2,1-2H3,(H,13,14);3H2,1-2H3. The summed E-state index contributed by atoms with van der Waals surface area (Å²) in [6, 6.07) is 8.77. The minimum Gasteiger partial charge on any atom is -0.342 e. The molecular weight excluding hydrogens is 226 g/mol. The average Bonchev–Trinajstić information content (AvgIpc) is 2.37. The molecule has 1 atom stereocenters. The Hall–Kier alpha value is -1.64. The number of benzene rings is 1. The van der Waals surface area contributed by atoms with Gasteiger partial charge >= 0.3 is 0 Å². The number of rotatable bonds is 4. The second-order valence-electron chi connectivity index (χ2n) is 4.07. The van der Waals surface area contributed by atoms with E-state index in [1.807, 2.05) is 30.3 Å². The molecule has 1 aromatic rings. The van der Waals surface area contributed by atoms with E-state index in [9.17, 15) is 9.59 Å². The van der Waals surface area contributed by atoms with E-state index in [0.29, 0.717) is 6.42 Å². The van der Waals surface area contributed by atoms with Crippen molar-refractivity contribution in [2.24, 2.45) is 0 Å². The molecule has 3 heteroatoms. The van der Waals surface area contributed by atoms with E-state index in [4.69, 9.17) is 0 Å². The van der Waals surface area contributed by atoms with Crippen molar-refractivity contribution in [2.45, 2.75) is 46.6 Å². The van der Waals surface area contributed by atoms with Crippen LogP contribution < -0.4 is 5.32 Å². The van der Waals surface area contributed by atoms with Crippen LogP contribution in [0.1, 0.15) is 52.1 Å². The van der Waals surface area contributed by atoms with Crippen molar-refractivity contribution >= 4 is 11.7 Å². The molecule has 0 aromatic heterocycles. The molecule has 0 radical (unpaired) electrons. The zero-order valence-corrected chi connectivity index (χ0v) is 11.7. The SMILES string of the molecule is CCC.CCC(=O)C(NC(C)=O)c1ccccc1. The monoisotopic (exact) mass is 249 g/mol. The van der Waals surface area contributed by atoms with E-state index in [1.165, 1.54) is 13.3 Å².